The van der Waals surface area contributed by atoms with Crippen LogP contribution in [0.1, 0.15) is 19.4 Å². The van der Waals surface area contributed by atoms with Gasteiger partial charge in [-0.15, -0.1) is 0 Å². The van der Waals surface area contributed by atoms with Crippen LogP contribution in [0.4, 0.5) is 5.69 Å². The molecule has 2 aromatic carbocycles. The first kappa shape index (κ1) is 24.4. The van der Waals surface area contributed by atoms with Gasteiger partial charge in [0, 0.05) is 22.9 Å². The first-order chi connectivity index (χ1) is 15.7. The fourth-order valence-corrected chi connectivity index (χ4v) is 4.60. The maximum Gasteiger partial charge on any atom is 0.325 e. The molecule has 3 rings (SSSR count). The predicted molar refractivity (Wildman–Crippen MR) is 120 cm³/mol. The Kier molecular flexibility index (Phi) is 7.83. The zero-order chi connectivity index (χ0) is 24.1. The Balaban J connectivity index is 1.62. The molecule has 33 heavy (non-hydrogen) atoms. The van der Waals surface area contributed by atoms with Crippen LogP contribution in [0.2, 0.25) is 0 Å². The SMILES string of the molecule is C[C@@H](O)[C@H]1C(=O)N(CC(=O)OCc2ccc([N+](=O)[O-])cc2)[C@@H]1[C@@H](C)C(=O)Sc1ccccc1. The molecule has 0 aliphatic carbocycles. The summed E-state index contributed by atoms with van der Waals surface area (Å²) in [6, 6.07) is 14.0. The molecule has 0 bridgehead atoms. The average Bonchev–Trinajstić information content (AvgIpc) is 2.79. The lowest BCUT2D eigenvalue weighted by atomic mass is 9.77. The summed E-state index contributed by atoms with van der Waals surface area (Å²) < 4.78 is 5.21. The number of carbonyl (C=O) groups excluding carboxylic acids is 3. The number of nitro benzene ring substituents is 1. The number of hydrogen-bond acceptors (Lipinski definition) is 8. The standard InChI is InChI=1S/C23H24N2O7S/c1-14(23(29)33-18-6-4-3-5-7-18)21-20(15(2)26)22(28)24(21)12-19(27)32-13-16-8-10-17(11-9-16)25(30)31/h3-11,14-15,20-21,26H,12-13H2,1-2H3/t14-,15-,20-,21-/m1/s1. The molecule has 1 heterocycles. The highest BCUT2D eigenvalue weighted by Gasteiger charge is 2.54. The number of aliphatic hydroxyl groups excluding tert-OH is 1. The topological polar surface area (TPSA) is 127 Å². The van der Waals surface area contributed by atoms with Gasteiger partial charge in [-0.25, -0.2) is 0 Å². The molecule has 0 spiro atoms. The summed E-state index contributed by atoms with van der Waals surface area (Å²) in [4.78, 5) is 50.0. The van der Waals surface area contributed by atoms with Crippen LogP contribution in [-0.4, -0.2) is 50.6 Å². The van der Waals surface area contributed by atoms with Crippen molar-refractivity contribution in [1.29, 1.82) is 0 Å². The highest BCUT2D eigenvalue weighted by Crippen LogP contribution is 2.37. The second kappa shape index (κ2) is 10.6. The van der Waals surface area contributed by atoms with Crippen molar-refractivity contribution in [3.8, 4) is 0 Å². The third-order valence-electron chi connectivity index (χ3n) is 5.51. The zero-order valence-corrected chi connectivity index (χ0v) is 18.9. The summed E-state index contributed by atoms with van der Waals surface area (Å²) in [7, 11) is 0. The van der Waals surface area contributed by atoms with Gasteiger partial charge in [0.15, 0.2) is 5.12 Å². The van der Waals surface area contributed by atoms with E-state index in [2.05, 4.69) is 0 Å². The lowest BCUT2D eigenvalue weighted by Crippen LogP contribution is -2.68. The fourth-order valence-electron chi connectivity index (χ4n) is 3.75. The molecule has 174 valence electrons. The minimum absolute atomic E-state index is 0.0738. The molecule has 10 heteroatoms. The van der Waals surface area contributed by atoms with Gasteiger partial charge in [0.2, 0.25) is 5.91 Å². The van der Waals surface area contributed by atoms with Crippen molar-refractivity contribution in [3.63, 3.8) is 0 Å². The number of nitro groups is 1. The van der Waals surface area contributed by atoms with E-state index < -0.39 is 40.8 Å². The number of nitrogens with zero attached hydrogens (tertiary/aromatic N) is 2. The highest BCUT2D eigenvalue weighted by molar-refractivity contribution is 8.13. The van der Waals surface area contributed by atoms with Crippen LogP contribution in [0.25, 0.3) is 0 Å². The number of carbonyl (C=O) groups is 3. The summed E-state index contributed by atoms with van der Waals surface area (Å²) in [5.74, 6) is -2.48. The van der Waals surface area contributed by atoms with Crippen molar-refractivity contribution in [2.24, 2.45) is 11.8 Å². The molecule has 1 aliphatic heterocycles. The minimum atomic E-state index is -0.966. The Bertz CT molecular complexity index is 1030. The van der Waals surface area contributed by atoms with Gasteiger partial charge >= 0.3 is 5.97 Å². The van der Waals surface area contributed by atoms with E-state index in [0.29, 0.717) is 5.56 Å². The molecule has 0 radical (unpaired) electrons. The van der Waals surface area contributed by atoms with Crippen LogP contribution in [0.3, 0.4) is 0 Å². The van der Waals surface area contributed by atoms with Gasteiger partial charge in [0.05, 0.1) is 23.0 Å². The number of β-lactam (4-membered cyclic amide) rings is 1. The first-order valence-corrected chi connectivity index (χ1v) is 11.1. The van der Waals surface area contributed by atoms with E-state index in [9.17, 15) is 29.6 Å². The van der Waals surface area contributed by atoms with Crippen LogP contribution >= 0.6 is 11.8 Å². The largest absolute Gasteiger partial charge is 0.459 e. The third kappa shape index (κ3) is 5.77. The van der Waals surface area contributed by atoms with E-state index in [1.807, 2.05) is 18.2 Å². The summed E-state index contributed by atoms with van der Waals surface area (Å²) in [5, 5.41) is 20.6. The van der Waals surface area contributed by atoms with Crippen molar-refractivity contribution in [2.45, 2.75) is 37.5 Å². The van der Waals surface area contributed by atoms with Crippen molar-refractivity contribution in [3.05, 3.63) is 70.3 Å². The molecule has 1 amide bonds. The van der Waals surface area contributed by atoms with Gasteiger partial charge in [0.25, 0.3) is 5.69 Å². The number of esters is 1. The number of thioether (sulfide) groups is 1. The Morgan fingerprint density at radius 3 is 2.36 bits per heavy atom. The number of non-ortho nitro benzene ring substituents is 1. The lowest BCUT2D eigenvalue weighted by molar-refractivity contribution is -0.384. The van der Waals surface area contributed by atoms with E-state index in [-0.39, 0.29) is 24.0 Å². The van der Waals surface area contributed by atoms with Crippen LogP contribution < -0.4 is 0 Å². The van der Waals surface area contributed by atoms with Crippen LogP contribution in [-0.2, 0) is 25.7 Å². The molecule has 0 unspecified atom stereocenters. The number of likely N-dealkylation sites (tertiary alicyclic amines) is 1. The Morgan fingerprint density at radius 2 is 1.79 bits per heavy atom. The Morgan fingerprint density at radius 1 is 1.15 bits per heavy atom. The van der Waals surface area contributed by atoms with Crippen molar-refractivity contribution in [1.82, 2.24) is 4.90 Å². The van der Waals surface area contributed by atoms with E-state index in [1.165, 1.54) is 36.1 Å². The summed E-state index contributed by atoms with van der Waals surface area (Å²) >= 11 is 1.05. The molecule has 2 aromatic rings. The first-order valence-electron chi connectivity index (χ1n) is 10.3. The van der Waals surface area contributed by atoms with Crippen molar-refractivity contribution in [2.75, 3.05) is 6.54 Å². The lowest BCUT2D eigenvalue weighted by Gasteiger charge is -2.50. The summed E-state index contributed by atoms with van der Waals surface area (Å²) in [5.41, 5.74) is 0.486. The van der Waals surface area contributed by atoms with Crippen molar-refractivity contribution >= 4 is 34.4 Å². The normalized spacial score (nSPS) is 19.4. The van der Waals surface area contributed by atoms with Gasteiger partial charge in [-0.05, 0) is 36.8 Å². The number of ether oxygens (including phenoxy) is 1. The third-order valence-corrected chi connectivity index (χ3v) is 6.59. The van der Waals surface area contributed by atoms with E-state index in [0.717, 1.165) is 16.7 Å². The average molecular weight is 473 g/mol. The molecule has 9 nitrogen and oxygen atoms in total. The van der Waals surface area contributed by atoms with E-state index in [4.69, 9.17) is 4.74 Å². The van der Waals surface area contributed by atoms with Gasteiger partial charge in [0.1, 0.15) is 13.2 Å². The van der Waals surface area contributed by atoms with E-state index in [1.54, 1.807) is 19.1 Å². The quantitative estimate of drug-likeness (QED) is 0.194. The van der Waals surface area contributed by atoms with Gasteiger partial charge in [-0.3, -0.25) is 24.5 Å². The van der Waals surface area contributed by atoms with Crippen LogP contribution in [0, 0.1) is 22.0 Å². The molecule has 1 aliphatic rings. The molecule has 1 N–H and O–H groups in total. The van der Waals surface area contributed by atoms with Crippen LogP contribution in [0.5, 0.6) is 0 Å². The molecule has 0 saturated carbocycles. The molecular formula is C23H24N2O7S. The second-order valence-electron chi connectivity index (χ2n) is 7.83. The molecule has 1 fully saturated rings. The number of amides is 1. The number of hydrogen-bond donors (Lipinski definition) is 1. The Labute approximate surface area is 194 Å². The maximum atomic E-state index is 12.8. The Hall–Kier alpha value is -3.24. The van der Waals surface area contributed by atoms with Gasteiger partial charge < -0.3 is 14.7 Å². The minimum Gasteiger partial charge on any atom is -0.459 e. The van der Waals surface area contributed by atoms with Gasteiger partial charge in [-0.1, -0.05) is 36.9 Å². The molecule has 1 saturated heterocycles. The highest BCUT2D eigenvalue weighted by atomic mass is 32.2. The zero-order valence-electron chi connectivity index (χ0n) is 18.1. The van der Waals surface area contributed by atoms with Gasteiger partial charge in [-0.2, -0.15) is 0 Å². The summed E-state index contributed by atoms with van der Waals surface area (Å²) in [6.07, 6.45) is -0.966. The molecule has 0 aromatic heterocycles. The summed E-state index contributed by atoms with van der Waals surface area (Å²) in [6.45, 7) is 2.70. The molecular weight excluding hydrogens is 448 g/mol. The second-order valence-corrected chi connectivity index (χ2v) is 8.91. The van der Waals surface area contributed by atoms with Crippen LogP contribution in [0.15, 0.2) is 59.5 Å². The smallest absolute Gasteiger partial charge is 0.325 e. The maximum absolute atomic E-state index is 12.8. The monoisotopic (exact) mass is 472 g/mol. The fraction of sp³-hybridized carbons (Fsp3) is 0.348. The van der Waals surface area contributed by atoms with E-state index >= 15 is 0 Å². The number of benzene rings is 2. The predicted octanol–water partition coefficient (Wildman–Crippen LogP) is 2.80. The number of aliphatic hydroxyl groups is 1. The number of rotatable bonds is 9. The molecule has 4 atom stereocenters. The van der Waals surface area contributed by atoms with Crippen molar-refractivity contribution < 1.29 is 29.2 Å².